The maximum absolute atomic E-state index is 13.2. The summed E-state index contributed by atoms with van der Waals surface area (Å²) in [4.78, 5) is 12.0. The van der Waals surface area contributed by atoms with Crippen molar-refractivity contribution in [2.75, 3.05) is 5.32 Å². The van der Waals surface area contributed by atoms with Crippen molar-refractivity contribution >= 4 is 11.7 Å². The third-order valence-corrected chi connectivity index (χ3v) is 4.26. The van der Waals surface area contributed by atoms with Gasteiger partial charge >= 0.3 is 6.03 Å². The number of carbonyl (C=O) groups excluding carboxylic acids is 1. The molecule has 0 aliphatic heterocycles. The first-order valence-corrected chi connectivity index (χ1v) is 8.08. The molecule has 1 fully saturated rings. The van der Waals surface area contributed by atoms with Crippen LogP contribution in [0.15, 0.2) is 42.7 Å². The zero-order chi connectivity index (χ0) is 16.9. The minimum absolute atomic E-state index is 0.363. The Morgan fingerprint density at radius 2 is 1.92 bits per heavy atom. The number of anilines is 1. The molecular weight excluding hydrogens is 314 g/mol. The topological polar surface area (TPSA) is 59.0 Å². The van der Waals surface area contributed by atoms with Crippen molar-refractivity contribution in [1.82, 2.24) is 15.1 Å². The van der Waals surface area contributed by atoms with Crippen LogP contribution in [0.1, 0.15) is 43.3 Å². The Hall–Kier alpha value is -2.44. The van der Waals surface area contributed by atoms with Crippen LogP contribution >= 0.6 is 0 Å². The Morgan fingerprint density at radius 3 is 2.58 bits per heavy atom. The van der Waals surface area contributed by atoms with Gasteiger partial charge in [0.25, 0.3) is 6.43 Å². The fourth-order valence-corrected chi connectivity index (χ4v) is 3.03. The molecule has 1 aromatic carbocycles. The van der Waals surface area contributed by atoms with Crippen LogP contribution in [0.5, 0.6) is 0 Å². The lowest BCUT2D eigenvalue weighted by Crippen LogP contribution is -2.36. The fraction of sp³-hybridized carbons (Fsp3) is 0.412. The molecule has 7 heteroatoms. The van der Waals surface area contributed by atoms with Gasteiger partial charge in [-0.25, -0.2) is 13.6 Å². The molecular formula is C17H20F2N4O. The maximum Gasteiger partial charge on any atom is 0.320 e. The minimum Gasteiger partial charge on any atom is -0.325 e. The first kappa shape index (κ1) is 16.4. The summed E-state index contributed by atoms with van der Waals surface area (Å²) in [7, 11) is 0. The van der Waals surface area contributed by atoms with E-state index in [9.17, 15) is 13.6 Å². The highest BCUT2D eigenvalue weighted by molar-refractivity contribution is 5.89. The summed E-state index contributed by atoms with van der Waals surface area (Å²) in [6, 6.07) is 6.53. The molecule has 128 valence electrons. The molecule has 2 N–H and O–H groups in total. The number of nitrogens with zero attached hydrogens (tertiary/aromatic N) is 2. The average Bonchev–Trinajstić information content (AvgIpc) is 3.24. The molecule has 5 nitrogen and oxygen atoms in total. The second kappa shape index (κ2) is 7.42. The number of urea groups is 1. The lowest BCUT2D eigenvalue weighted by Gasteiger charge is -2.18. The van der Waals surface area contributed by atoms with Crippen molar-refractivity contribution in [1.29, 1.82) is 0 Å². The summed E-state index contributed by atoms with van der Waals surface area (Å²) in [6.45, 7) is 0. The Bertz CT molecular complexity index is 668. The van der Waals surface area contributed by atoms with E-state index in [-0.39, 0.29) is 0 Å². The molecule has 1 unspecified atom stereocenters. The number of carbonyl (C=O) groups is 1. The third kappa shape index (κ3) is 3.90. The van der Waals surface area contributed by atoms with E-state index in [0.717, 1.165) is 12.8 Å². The normalized spacial score (nSPS) is 16.3. The smallest absolute Gasteiger partial charge is 0.320 e. The van der Waals surface area contributed by atoms with E-state index in [1.165, 1.54) is 19.0 Å². The van der Waals surface area contributed by atoms with Crippen LogP contribution in [0.2, 0.25) is 0 Å². The largest absolute Gasteiger partial charge is 0.325 e. The van der Waals surface area contributed by atoms with Crippen molar-refractivity contribution in [3.8, 4) is 0 Å². The predicted molar refractivity (Wildman–Crippen MR) is 87.1 cm³/mol. The Balaban J connectivity index is 1.62. The number of halogens is 2. The lowest BCUT2D eigenvalue weighted by atomic mass is 10.1. The molecule has 24 heavy (non-hydrogen) atoms. The summed E-state index contributed by atoms with van der Waals surface area (Å²) in [5, 5.41) is 9.15. The molecule has 1 atom stereocenters. The van der Waals surface area contributed by atoms with Crippen LogP contribution in [0.25, 0.3) is 0 Å². The number of aromatic nitrogens is 2. The zero-order valence-corrected chi connectivity index (χ0v) is 13.2. The molecule has 0 radical (unpaired) electrons. The first-order valence-electron chi connectivity index (χ1n) is 8.08. The highest BCUT2D eigenvalue weighted by Crippen LogP contribution is 2.29. The number of benzene rings is 1. The Kier molecular flexibility index (Phi) is 5.08. The van der Waals surface area contributed by atoms with Gasteiger partial charge in [-0.2, -0.15) is 5.10 Å². The SMILES string of the molecule is O=C(Nc1cnn(C2CCCC2)c1)NC(c1ccccc1)C(F)F. The number of hydrogen-bond acceptors (Lipinski definition) is 2. The summed E-state index contributed by atoms with van der Waals surface area (Å²) in [5.41, 5.74) is 0.866. The molecule has 2 amide bonds. The molecule has 1 aliphatic carbocycles. The number of rotatable bonds is 5. The predicted octanol–water partition coefficient (Wildman–Crippen LogP) is 4.13. The second-order valence-corrected chi connectivity index (χ2v) is 5.97. The highest BCUT2D eigenvalue weighted by atomic mass is 19.3. The zero-order valence-electron chi connectivity index (χ0n) is 13.2. The van der Waals surface area contributed by atoms with Crippen molar-refractivity contribution in [2.45, 2.75) is 44.2 Å². The van der Waals surface area contributed by atoms with Gasteiger partial charge in [0, 0.05) is 6.20 Å². The van der Waals surface area contributed by atoms with E-state index < -0.39 is 18.5 Å². The van der Waals surface area contributed by atoms with Crippen LogP contribution in [-0.2, 0) is 0 Å². The molecule has 1 saturated carbocycles. The Morgan fingerprint density at radius 1 is 1.21 bits per heavy atom. The van der Waals surface area contributed by atoms with Gasteiger partial charge in [-0.15, -0.1) is 0 Å². The van der Waals surface area contributed by atoms with Crippen molar-refractivity contribution in [3.05, 3.63) is 48.3 Å². The summed E-state index contributed by atoms with van der Waals surface area (Å²) < 4.78 is 28.3. The molecule has 3 rings (SSSR count). The molecule has 0 spiro atoms. The number of amides is 2. The van der Waals surface area contributed by atoms with Crippen LogP contribution in [0, 0.1) is 0 Å². The summed E-state index contributed by atoms with van der Waals surface area (Å²) in [5.74, 6) is 0. The number of nitrogens with one attached hydrogen (secondary N) is 2. The van der Waals surface area contributed by atoms with Crippen LogP contribution < -0.4 is 10.6 Å². The Labute approximate surface area is 139 Å². The molecule has 1 heterocycles. The van der Waals surface area contributed by atoms with Gasteiger partial charge < -0.3 is 10.6 Å². The van der Waals surface area contributed by atoms with Gasteiger partial charge in [0.1, 0.15) is 6.04 Å². The minimum atomic E-state index is -2.70. The molecule has 0 bridgehead atoms. The fourth-order valence-electron chi connectivity index (χ4n) is 3.03. The van der Waals surface area contributed by atoms with Crippen molar-refractivity contribution in [2.24, 2.45) is 0 Å². The van der Waals surface area contributed by atoms with E-state index in [4.69, 9.17) is 0 Å². The van der Waals surface area contributed by atoms with Gasteiger partial charge in [-0.1, -0.05) is 43.2 Å². The van der Waals surface area contributed by atoms with Crippen LogP contribution in [0.3, 0.4) is 0 Å². The van der Waals surface area contributed by atoms with E-state index in [0.29, 0.717) is 17.3 Å². The van der Waals surface area contributed by atoms with Gasteiger partial charge in [-0.3, -0.25) is 4.68 Å². The van der Waals surface area contributed by atoms with Crippen LogP contribution in [-0.4, -0.2) is 22.2 Å². The van der Waals surface area contributed by atoms with Crippen LogP contribution in [0.4, 0.5) is 19.3 Å². The van der Waals surface area contributed by atoms with E-state index in [2.05, 4.69) is 15.7 Å². The highest BCUT2D eigenvalue weighted by Gasteiger charge is 2.24. The number of hydrogen-bond donors (Lipinski definition) is 2. The van der Waals surface area contributed by atoms with Crippen molar-refractivity contribution in [3.63, 3.8) is 0 Å². The number of alkyl halides is 2. The van der Waals surface area contributed by atoms with Gasteiger partial charge in [0.15, 0.2) is 0 Å². The lowest BCUT2D eigenvalue weighted by molar-refractivity contribution is 0.103. The van der Waals surface area contributed by atoms with Gasteiger partial charge in [0.2, 0.25) is 0 Å². The molecule has 1 aromatic heterocycles. The van der Waals surface area contributed by atoms with E-state index in [1.54, 1.807) is 36.5 Å². The van der Waals surface area contributed by atoms with E-state index >= 15 is 0 Å². The summed E-state index contributed by atoms with van der Waals surface area (Å²) >= 11 is 0. The van der Waals surface area contributed by atoms with Gasteiger partial charge in [0.05, 0.1) is 17.9 Å². The standard InChI is InChI=1S/C17H20F2N4O/c18-16(19)15(12-6-2-1-3-7-12)22-17(24)21-13-10-20-23(11-13)14-8-4-5-9-14/h1-3,6-7,10-11,14-16H,4-5,8-9H2,(H2,21,22,24). The maximum atomic E-state index is 13.2. The quantitative estimate of drug-likeness (QED) is 0.864. The third-order valence-electron chi connectivity index (χ3n) is 4.26. The molecule has 2 aromatic rings. The van der Waals surface area contributed by atoms with Crippen molar-refractivity contribution < 1.29 is 13.6 Å². The second-order valence-electron chi connectivity index (χ2n) is 5.97. The molecule has 1 aliphatic rings. The average molecular weight is 334 g/mol. The van der Waals surface area contributed by atoms with E-state index in [1.807, 2.05) is 4.68 Å². The summed E-state index contributed by atoms with van der Waals surface area (Å²) in [6.07, 6.45) is 5.11. The first-order chi connectivity index (χ1) is 11.6. The van der Waals surface area contributed by atoms with Gasteiger partial charge in [-0.05, 0) is 18.4 Å². The molecule has 0 saturated heterocycles. The monoisotopic (exact) mass is 334 g/mol.